The van der Waals surface area contributed by atoms with Crippen molar-refractivity contribution >= 4 is 52.9 Å². The van der Waals surface area contributed by atoms with E-state index in [0.717, 1.165) is 94.9 Å². The zero-order chi connectivity index (χ0) is 46.5. The average molecular weight is 933 g/mol. The molecule has 350 valence electrons. The van der Waals surface area contributed by atoms with Crippen molar-refractivity contribution in [2.75, 3.05) is 56.0 Å². The van der Waals surface area contributed by atoms with Gasteiger partial charge < -0.3 is 20.2 Å². The number of halogens is 4. The number of anilines is 3. The minimum Gasteiger partial charge on any atom is -0.389 e. The lowest BCUT2D eigenvalue weighted by atomic mass is 9.71. The Bertz CT molecular complexity index is 2520. The summed E-state index contributed by atoms with van der Waals surface area (Å²) < 4.78 is 60.8. The Balaban J connectivity index is 0.725. The summed E-state index contributed by atoms with van der Waals surface area (Å²) in [4.78, 5) is 65.2. The molecule has 1 unspecified atom stereocenters. The normalized spacial score (nSPS) is 21.2. The molecule has 66 heavy (non-hydrogen) atoms. The van der Waals surface area contributed by atoms with Crippen LogP contribution in [0.4, 0.5) is 34.9 Å². The number of hydrogen-bond acceptors (Lipinski definition) is 13. The summed E-state index contributed by atoms with van der Waals surface area (Å²) >= 11 is 1.48. The van der Waals surface area contributed by atoms with Crippen LogP contribution in [0.1, 0.15) is 91.5 Å². The van der Waals surface area contributed by atoms with Gasteiger partial charge in [-0.25, -0.2) is 18.7 Å². The van der Waals surface area contributed by atoms with Gasteiger partial charge in [0, 0.05) is 67.7 Å². The molecule has 7 heterocycles. The number of carbonyl (C=O) groups is 4. The lowest BCUT2D eigenvalue weighted by molar-refractivity contribution is -0.138. The molecule has 3 N–H and O–H groups in total. The molecule has 0 saturated carbocycles. The van der Waals surface area contributed by atoms with E-state index in [1.54, 1.807) is 32.0 Å². The quantitative estimate of drug-likeness (QED) is 0.0846. The molecule has 5 aliphatic heterocycles. The molecule has 4 aromatic rings. The summed E-state index contributed by atoms with van der Waals surface area (Å²) in [5.41, 5.74) is -0.776. The van der Waals surface area contributed by atoms with Gasteiger partial charge in [0.25, 0.3) is 11.8 Å². The van der Waals surface area contributed by atoms with Crippen molar-refractivity contribution in [1.82, 2.24) is 39.2 Å². The fourth-order valence-electron chi connectivity index (χ4n) is 9.92. The standard InChI is InChI=1S/C46H52F4N10O5S/c1-44(2,65)27-58-26-29(23-52-58)39-34(46(48,49)50)24-51-43(55-39)53-36-6-4-31(22-35(36)47)66-59-15-9-28(10-16-59)25-56-17-11-45(12-18-56)13-19-57(20-14-45)30-3-5-32-33(21-30)42(64)60(41(32)63)37-7-8-38(61)54-40(37)62/h3-6,21-24,26,28,37,65H,7-20,25,27H2,1-2H3,(H,51,53,55)(H,54,61,62). The predicted molar refractivity (Wildman–Crippen MR) is 237 cm³/mol. The number of amides is 4. The molecule has 0 aliphatic carbocycles. The van der Waals surface area contributed by atoms with Crippen molar-refractivity contribution in [3.63, 3.8) is 0 Å². The molecule has 2 aromatic carbocycles. The van der Waals surface area contributed by atoms with Crippen LogP contribution >= 0.6 is 11.9 Å². The first-order chi connectivity index (χ1) is 31.4. The zero-order valence-corrected chi connectivity index (χ0v) is 37.6. The third kappa shape index (κ3) is 9.82. The minimum atomic E-state index is -4.75. The van der Waals surface area contributed by atoms with Gasteiger partial charge in [-0.1, -0.05) is 0 Å². The third-order valence-corrected chi connectivity index (χ3v) is 14.7. The molecule has 4 fully saturated rings. The summed E-state index contributed by atoms with van der Waals surface area (Å²) in [6, 6.07) is 9.04. The van der Waals surface area contributed by atoms with Crippen LogP contribution < -0.4 is 15.5 Å². The van der Waals surface area contributed by atoms with Crippen LogP contribution in [0.3, 0.4) is 0 Å². The Kier molecular flexibility index (Phi) is 12.5. The largest absolute Gasteiger partial charge is 0.419 e. The molecule has 15 nitrogen and oxygen atoms in total. The Morgan fingerprint density at radius 1 is 0.894 bits per heavy atom. The van der Waals surface area contributed by atoms with E-state index < -0.39 is 58.5 Å². The van der Waals surface area contributed by atoms with Crippen molar-refractivity contribution in [1.29, 1.82) is 0 Å². The van der Waals surface area contributed by atoms with Crippen LogP contribution in [0.25, 0.3) is 11.3 Å². The van der Waals surface area contributed by atoms with Gasteiger partial charge in [0.1, 0.15) is 17.4 Å². The lowest BCUT2D eigenvalue weighted by Gasteiger charge is -2.48. The Morgan fingerprint density at radius 2 is 1.61 bits per heavy atom. The van der Waals surface area contributed by atoms with Crippen molar-refractivity contribution in [3.05, 3.63) is 77.5 Å². The van der Waals surface area contributed by atoms with Crippen LogP contribution in [0.2, 0.25) is 0 Å². The summed E-state index contributed by atoms with van der Waals surface area (Å²) in [5.74, 6) is -2.25. The maximum Gasteiger partial charge on any atom is 0.419 e. The second kappa shape index (κ2) is 18.0. The molecular weight excluding hydrogens is 881 g/mol. The van der Waals surface area contributed by atoms with Crippen molar-refractivity contribution in [2.24, 2.45) is 11.3 Å². The number of imide groups is 2. The number of aliphatic hydroxyl groups is 1. The van der Waals surface area contributed by atoms with Gasteiger partial charge in [0.15, 0.2) is 0 Å². The number of fused-ring (bicyclic) bond motifs is 1. The van der Waals surface area contributed by atoms with Gasteiger partial charge in [0.2, 0.25) is 17.8 Å². The highest BCUT2D eigenvalue weighted by Gasteiger charge is 2.45. The van der Waals surface area contributed by atoms with E-state index in [4.69, 9.17) is 0 Å². The molecule has 0 bridgehead atoms. The van der Waals surface area contributed by atoms with Gasteiger partial charge in [-0.05, 0) is 132 Å². The number of piperidine rings is 4. The first-order valence-electron chi connectivity index (χ1n) is 22.4. The summed E-state index contributed by atoms with van der Waals surface area (Å²) in [7, 11) is 0. The average Bonchev–Trinajstić information content (AvgIpc) is 3.83. The van der Waals surface area contributed by atoms with Gasteiger partial charge in [0.05, 0.1) is 40.9 Å². The number of carbonyl (C=O) groups excluding carboxylic acids is 4. The fourth-order valence-corrected chi connectivity index (χ4v) is 10.9. The van der Waals surface area contributed by atoms with Gasteiger partial charge in [-0.15, -0.1) is 0 Å². The van der Waals surface area contributed by atoms with Gasteiger partial charge in [-0.2, -0.15) is 18.3 Å². The summed E-state index contributed by atoms with van der Waals surface area (Å²) in [6.07, 6.45) is 5.11. The minimum absolute atomic E-state index is 0.0208. The molecular formula is C46H52F4N10O5S. The van der Waals surface area contributed by atoms with Crippen LogP contribution in [-0.2, 0) is 22.3 Å². The number of rotatable bonds is 11. The number of benzene rings is 2. The van der Waals surface area contributed by atoms with Crippen molar-refractivity contribution < 1.29 is 41.8 Å². The van der Waals surface area contributed by atoms with E-state index in [1.807, 2.05) is 6.07 Å². The molecule has 0 radical (unpaired) electrons. The van der Waals surface area contributed by atoms with E-state index >= 15 is 4.39 Å². The highest BCUT2D eigenvalue weighted by atomic mass is 32.2. The number of aromatic nitrogens is 4. The van der Waals surface area contributed by atoms with E-state index in [1.165, 1.54) is 41.2 Å². The summed E-state index contributed by atoms with van der Waals surface area (Å²) in [6.45, 7) is 9.73. The maximum atomic E-state index is 15.4. The second-order valence-electron chi connectivity index (χ2n) is 18.9. The van der Waals surface area contributed by atoms with Gasteiger partial charge in [-0.3, -0.25) is 34.1 Å². The van der Waals surface area contributed by atoms with Crippen LogP contribution in [0.5, 0.6) is 0 Å². The predicted octanol–water partition coefficient (Wildman–Crippen LogP) is 6.52. The van der Waals surface area contributed by atoms with Crippen LogP contribution in [0.15, 0.2) is 59.9 Å². The molecule has 1 spiro atoms. The smallest absolute Gasteiger partial charge is 0.389 e. The molecule has 4 saturated heterocycles. The molecule has 20 heteroatoms. The van der Waals surface area contributed by atoms with Crippen molar-refractivity contribution in [2.45, 2.75) is 94.5 Å². The van der Waals surface area contributed by atoms with Crippen LogP contribution in [-0.4, -0.2) is 120 Å². The fraction of sp³-hybridized carbons (Fsp3) is 0.500. The lowest BCUT2D eigenvalue weighted by Crippen LogP contribution is -2.54. The molecule has 1 atom stereocenters. The second-order valence-corrected chi connectivity index (χ2v) is 20.1. The van der Waals surface area contributed by atoms with E-state index in [9.17, 15) is 37.5 Å². The number of nitrogens with one attached hydrogen (secondary N) is 2. The maximum absolute atomic E-state index is 15.4. The topological polar surface area (TPSA) is 169 Å². The van der Waals surface area contributed by atoms with Crippen LogP contribution in [0, 0.1) is 17.2 Å². The molecule has 9 rings (SSSR count). The first-order valence-corrected chi connectivity index (χ1v) is 23.2. The number of likely N-dealkylation sites (tertiary alicyclic amines) is 1. The van der Waals surface area contributed by atoms with E-state index in [-0.39, 0.29) is 47.6 Å². The monoisotopic (exact) mass is 932 g/mol. The highest BCUT2D eigenvalue weighted by Crippen LogP contribution is 2.44. The zero-order valence-electron chi connectivity index (χ0n) is 36.7. The number of hydrogen-bond donors (Lipinski definition) is 3. The van der Waals surface area contributed by atoms with Gasteiger partial charge >= 0.3 is 6.18 Å². The molecule has 5 aliphatic rings. The first kappa shape index (κ1) is 45.7. The summed E-state index contributed by atoms with van der Waals surface area (Å²) in [5, 5.41) is 19.2. The van der Waals surface area contributed by atoms with Crippen molar-refractivity contribution in [3.8, 4) is 11.3 Å². The SMILES string of the molecule is CC(C)(O)Cn1cc(-c2nc(Nc3ccc(SN4CCC(CN5CCC6(CC5)CCN(c5ccc7c(c5)C(=O)N(C5CCC(=O)NC5=O)C7=O)CC6)CC4)cc3F)ncc2C(F)(F)F)cn1. The molecule has 4 amide bonds. The molecule has 2 aromatic heterocycles. The number of nitrogens with zero attached hydrogens (tertiary/aromatic N) is 8. The highest BCUT2D eigenvalue weighted by molar-refractivity contribution is 7.97. The van der Waals surface area contributed by atoms with E-state index in [2.05, 4.69) is 39.8 Å². The number of alkyl halides is 3. The third-order valence-electron chi connectivity index (χ3n) is 13.6. The Hall–Kier alpha value is -5.44. The Morgan fingerprint density at radius 3 is 2.29 bits per heavy atom. The van der Waals surface area contributed by atoms with E-state index in [0.29, 0.717) is 22.6 Å². The Labute approximate surface area is 383 Å².